The zero-order valence-corrected chi connectivity index (χ0v) is 18.0. The molecule has 0 fully saturated rings. The summed E-state index contributed by atoms with van der Waals surface area (Å²) >= 11 is 0. The van der Waals surface area contributed by atoms with Crippen molar-refractivity contribution in [1.29, 1.82) is 0 Å². The quantitative estimate of drug-likeness (QED) is 0.173. The van der Waals surface area contributed by atoms with E-state index in [0.717, 1.165) is 19.3 Å². The van der Waals surface area contributed by atoms with Crippen molar-refractivity contribution in [3.8, 4) is 0 Å². The molecule has 0 atom stereocenters. The lowest BCUT2D eigenvalue weighted by Gasteiger charge is -2.14. The van der Waals surface area contributed by atoms with E-state index in [1.54, 1.807) is 43.4 Å². The molecule has 10 rings (SSSR count). The van der Waals surface area contributed by atoms with Gasteiger partial charge in [0.25, 0.3) is 0 Å². The minimum atomic E-state index is 1.07. The Morgan fingerprint density at radius 3 is 1.27 bits per heavy atom. The largest absolute Gasteiger partial charge is 0.0616 e. The van der Waals surface area contributed by atoms with E-state index >= 15 is 0 Å². The summed E-state index contributed by atoms with van der Waals surface area (Å²) < 4.78 is 0. The molecule has 7 aromatic rings. The van der Waals surface area contributed by atoms with Crippen LogP contribution in [0.15, 0.2) is 72.8 Å². The van der Waals surface area contributed by atoms with Crippen molar-refractivity contribution in [2.24, 2.45) is 0 Å². The summed E-state index contributed by atoms with van der Waals surface area (Å²) in [6, 6.07) is 28.2. The van der Waals surface area contributed by atoms with Gasteiger partial charge in [-0.05, 0) is 142 Å². The molecule has 0 nitrogen and oxygen atoms in total. The third-order valence-electron chi connectivity index (χ3n) is 8.97. The second-order valence-corrected chi connectivity index (χ2v) is 10.4. The molecule has 0 N–H and O–H groups in total. The van der Waals surface area contributed by atoms with Gasteiger partial charge in [-0.1, -0.05) is 48.5 Å². The van der Waals surface area contributed by atoms with Gasteiger partial charge in [-0.25, -0.2) is 0 Å². The summed E-state index contributed by atoms with van der Waals surface area (Å²) in [5.74, 6) is 0. The van der Waals surface area contributed by atoms with Crippen LogP contribution in [-0.4, -0.2) is 0 Å². The van der Waals surface area contributed by atoms with E-state index in [-0.39, 0.29) is 0 Å². The van der Waals surface area contributed by atoms with E-state index < -0.39 is 0 Å². The van der Waals surface area contributed by atoms with E-state index in [4.69, 9.17) is 0 Å². The van der Waals surface area contributed by atoms with Gasteiger partial charge in [0.2, 0.25) is 0 Å². The Bertz CT molecular complexity index is 1990. The van der Waals surface area contributed by atoms with Crippen LogP contribution in [0.4, 0.5) is 0 Å². The summed E-state index contributed by atoms with van der Waals surface area (Å²) in [5.41, 5.74) is 9.28. The van der Waals surface area contributed by atoms with Crippen LogP contribution in [0, 0.1) is 0 Å². The first-order valence-electron chi connectivity index (χ1n) is 12.1. The highest BCUT2D eigenvalue weighted by molar-refractivity contribution is 6.36. The van der Waals surface area contributed by atoms with Gasteiger partial charge in [0.15, 0.2) is 0 Å². The number of rotatable bonds is 0. The lowest BCUT2D eigenvalue weighted by Crippen LogP contribution is -1.91. The Kier molecular flexibility index (Phi) is 2.34. The minimum Gasteiger partial charge on any atom is -0.0616 e. The Balaban J connectivity index is 1.51. The van der Waals surface area contributed by atoms with Crippen molar-refractivity contribution in [3.05, 3.63) is 106 Å². The summed E-state index contributed by atoms with van der Waals surface area (Å²) in [6.07, 6.45) is 3.23. The fourth-order valence-corrected chi connectivity index (χ4v) is 7.68. The molecule has 0 saturated carbocycles. The SMILES string of the molecule is c1ccc2cc3cc4c5c6c7c(ccc8c7c7c(ccc9c7c6c(c4cc3cc2c1)C9)C8)C5. The highest BCUT2D eigenvalue weighted by atomic mass is 14.4. The van der Waals surface area contributed by atoms with Crippen LogP contribution in [0.1, 0.15) is 33.4 Å². The maximum Gasteiger partial charge on any atom is -0.000682 e. The minimum absolute atomic E-state index is 1.07. The molecule has 3 aliphatic rings. The average molecular weight is 415 g/mol. The Morgan fingerprint density at radius 2 is 0.788 bits per heavy atom. The van der Waals surface area contributed by atoms with Gasteiger partial charge >= 0.3 is 0 Å². The van der Waals surface area contributed by atoms with Gasteiger partial charge in [0.05, 0.1) is 0 Å². The summed E-state index contributed by atoms with van der Waals surface area (Å²) in [4.78, 5) is 0. The standard InChI is InChI=1S/C33H18/c1-2-4-17-10-23-15-25-24(14-22(23)9-16(17)3-1)26-12-20-7-5-18-11-19-6-8-21-13-27(25)33-31(21)29(19)28(18)30(20)32(26)33/h1-10,14-15H,11-13H2. The van der Waals surface area contributed by atoms with E-state index in [0.29, 0.717) is 0 Å². The molecule has 0 heterocycles. The molecular weight excluding hydrogens is 396 g/mol. The first kappa shape index (κ1) is 15.8. The van der Waals surface area contributed by atoms with E-state index in [1.165, 1.54) is 54.6 Å². The summed E-state index contributed by atoms with van der Waals surface area (Å²) in [6.45, 7) is 0. The number of hydrogen-bond acceptors (Lipinski definition) is 0. The fourth-order valence-electron chi connectivity index (χ4n) is 7.68. The van der Waals surface area contributed by atoms with E-state index in [1.807, 2.05) is 0 Å². The molecule has 3 aliphatic carbocycles. The smallest absolute Gasteiger partial charge is 0.000682 e. The molecule has 0 saturated heterocycles. The van der Waals surface area contributed by atoms with Crippen molar-refractivity contribution in [1.82, 2.24) is 0 Å². The van der Waals surface area contributed by atoms with Crippen molar-refractivity contribution in [2.75, 3.05) is 0 Å². The molecular formula is C33H18. The van der Waals surface area contributed by atoms with Crippen molar-refractivity contribution < 1.29 is 0 Å². The average Bonchev–Trinajstić information content (AvgIpc) is 3.52. The third kappa shape index (κ3) is 1.61. The van der Waals surface area contributed by atoms with Crippen LogP contribution in [0.3, 0.4) is 0 Å². The van der Waals surface area contributed by atoms with E-state index in [9.17, 15) is 0 Å². The molecule has 0 spiro atoms. The molecule has 7 aromatic carbocycles. The van der Waals surface area contributed by atoms with Crippen molar-refractivity contribution in [3.63, 3.8) is 0 Å². The van der Waals surface area contributed by atoms with Gasteiger partial charge in [0.1, 0.15) is 0 Å². The molecule has 33 heavy (non-hydrogen) atoms. The third-order valence-corrected chi connectivity index (χ3v) is 8.97. The van der Waals surface area contributed by atoms with Crippen LogP contribution < -0.4 is 0 Å². The first-order chi connectivity index (χ1) is 16.3. The van der Waals surface area contributed by atoms with Crippen LogP contribution >= 0.6 is 0 Å². The molecule has 0 aliphatic heterocycles. The highest BCUT2D eigenvalue weighted by Crippen LogP contribution is 2.55. The molecule has 0 aromatic heterocycles. The highest BCUT2D eigenvalue weighted by Gasteiger charge is 2.33. The molecule has 0 heteroatoms. The van der Waals surface area contributed by atoms with Gasteiger partial charge < -0.3 is 0 Å². The van der Waals surface area contributed by atoms with Gasteiger partial charge in [-0.15, -0.1) is 0 Å². The van der Waals surface area contributed by atoms with Gasteiger partial charge in [-0.2, -0.15) is 0 Å². The van der Waals surface area contributed by atoms with Gasteiger partial charge in [0, 0.05) is 0 Å². The lowest BCUT2D eigenvalue weighted by molar-refractivity contribution is 1.24. The molecule has 0 amide bonds. The Hall–Kier alpha value is -3.90. The van der Waals surface area contributed by atoms with Gasteiger partial charge in [-0.3, -0.25) is 0 Å². The number of fused-ring (bicyclic) bond motifs is 5. The summed E-state index contributed by atoms with van der Waals surface area (Å²) in [7, 11) is 0. The van der Waals surface area contributed by atoms with E-state index in [2.05, 4.69) is 72.8 Å². The maximum atomic E-state index is 2.50. The maximum absolute atomic E-state index is 2.50. The molecule has 0 unspecified atom stereocenters. The predicted molar refractivity (Wildman–Crippen MR) is 140 cm³/mol. The second-order valence-electron chi connectivity index (χ2n) is 10.4. The Morgan fingerprint density at radius 1 is 0.364 bits per heavy atom. The topological polar surface area (TPSA) is 0 Å². The van der Waals surface area contributed by atoms with Crippen molar-refractivity contribution in [2.45, 2.75) is 19.3 Å². The predicted octanol–water partition coefficient (Wildman–Crippen LogP) is 8.32. The zero-order valence-electron chi connectivity index (χ0n) is 18.0. The summed E-state index contributed by atoms with van der Waals surface area (Å²) in [5, 5.41) is 17.8. The zero-order chi connectivity index (χ0) is 21.0. The number of hydrogen-bond donors (Lipinski definition) is 0. The molecule has 150 valence electrons. The van der Waals surface area contributed by atoms with Crippen LogP contribution in [-0.2, 0) is 19.3 Å². The second kappa shape index (κ2) is 4.87. The molecule has 0 bridgehead atoms. The van der Waals surface area contributed by atoms with Crippen LogP contribution in [0.25, 0.3) is 64.6 Å². The molecule has 0 radical (unpaired) electrons. The van der Waals surface area contributed by atoms with Crippen molar-refractivity contribution >= 4 is 64.6 Å². The normalized spacial score (nSPS) is 14.9. The first-order valence-corrected chi connectivity index (χ1v) is 12.1. The lowest BCUT2D eigenvalue weighted by atomic mass is 9.89. The van der Waals surface area contributed by atoms with Crippen LogP contribution in [0.2, 0.25) is 0 Å². The number of benzene rings is 7. The van der Waals surface area contributed by atoms with Crippen LogP contribution in [0.5, 0.6) is 0 Å². The Labute approximate surface area is 190 Å². The fraction of sp³-hybridized carbons (Fsp3) is 0.0909. The monoisotopic (exact) mass is 414 g/mol.